The van der Waals surface area contributed by atoms with Gasteiger partial charge in [0.05, 0.1) is 12.2 Å². The number of aryl methyl sites for hydroxylation is 1. The molecule has 0 saturated heterocycles. The molecule has 0 aliphatic rings. The van der Waals surface area contributed by atoms with Crippen molar-refractivity contribution in [2.75, 3.05) is 23.4 Å². The number of pyridine rings is 1. The summed E-state index contributed by atoms with van der Waals surface area (Å²) in [5.41, 5.74) is 2.02. The fourth-order valence-corrected chi connectivity index (χ4v) is 2.21. The molecule has 0 fully saturated rings. The minimum atomic E-state index is 0.653. The van der Waals surface area contributed by atoms with E-state index >= 15 is 0 Å². The summed E-state index contributed by atoms with van der Waals surface area (Å²) in [6.07, 6.45) is 3.04. The summed E-state index contributed by atoms with van der Waals surface area (Å²) in [6.45, 7) is 5.68. The van der Waals surface area contributed by atoms with Crippen LogP contribution in [-0.2, 0) is 6.54 Å². The molecule has 0 aliphatic heterocycles. The van der Waals surface area contributed by atoms with E-state index in [2.05, 4.69) is 32.5 Å². The lowest BCUT2D eigenvalue weighted by Crippen LogP contribution is -2.08. The van der Waals surface area contributed by atoms with E-state index in [0.29, 0.717) is 6.54 Å². The van der Waals surface area contributed by atoms with Crippen molar-refractivity contribution in [1.82, 2.24) is 15.0 Å². The Morgan fingerprint density at radius 2 is 1.86 bits per heavy atom. The molecule has 5 nitrogen and oxygen atoms in total. The van der Waals surface area contributed by atoms with Crippen molar-refractivity contribution in [3.63, 3.8) is 0 Å². The fourth-order valence-electron chi connectivity index (χ4n) is 1.83. The molecule has 2 aromatic rings. The Morgan fingerprint density at radius 3 is 2.52 bits per heavy atom. The van der Waals surface area contributed by atoms with Crippen LogP contribution in [0.4, 0.5) is 11.6 Å². The molecule has 0 saturated carbocycles. The Bertz CT molecular complexity index is 588. The van der Waals surface area contributed by atoms with Crippen LogP contribution in [0, 0.1) is 6.92 Å². The van der Waals surface area contributed by atoms with Gasteiger partial charge in [-0.15, -0.1) is 0 Å². The zero-order valence-electron chi connectivity index (χ0n) is 12.7. The molecule has 0 radical (unpaired) electrons. The molecule has 112 valence electrons. The zero-order valence-corrected chi connectivity index (χ0v) is 13.5. The molecule has 0 atom stereocenters. The Hall–Kier alpha value is -1.82. The third-order valence-corrected chi connectivity index (χ3v) is 3.39. The largest absolute Gasteiger partial charge is 0.370 e. The Labute approximate surface area is 130 Å². The standard InChI is InChI=1S/C15H21N5S/c1-4-8-16-13-9-14(20-15(19-13)21-3)17-10-12-7-5-6-11(2)18-12/h5-7,9H,4,8,10H2,1-3H3,(H2,16,17,19,20). The van der Waals surface area contributed by atoms with Crippen LogP contribution in [0.2, 0.25) is 0 Å². The molecular weight excluding hydrogens is 282 g/mol. The van der Waals surface area contributed by atoms with Gasteiger partial charge in [0, 0.05) is 18.3 Å². The molecule has 0 amide bonds. The Kier molecular flexibility index (Phi) is 5.80. The van der Waals surface area contributed by atoms with Crippen molar-refractivity contribution >= 4 is 23.4 Å². The van der Waals surface area contributed by atoms with E-state index in [1.807, 2.05) is 37.4 Å². The van der Waals surface area contributed by atoms with Gasteiger partial charge < -0.3 is 10.6 Å². The Balaban J connectivity index is 2.07. The van der Waals surface area contributed by atoms with Gasteiger partial charge in [0.25, 0.3) is 0 Å². The summed E-state index contributed by atoms with van der Waals surface area (Å²) in [6, 6.07) is 7.95. The second kappa shape index (κ2) is 7.83. The van der Waals surface area contributed by atoms with Crippen LogP contribution in [0.5, 0.6) is 0 Å². The second-order valence-corrected chi connectivity index (χ2v) is 5.45. The Morgan fingerprint density at radius 1 is 1.10 bits per heavy atom. The van der Waals surface area contributed by atoms with Crippen LogP contribution < -0.4 is 10.6 Å². The quantitative estimate of drug-likeness (QED) is 0.604. The van der Waals surface area contributed by atoms with Crippen LogP contribution >= 0.6 is 11.8 Å². The van der Waals surface area contributed by atoms with Gasteiger partial charge in [0.1, 0.15) is 11.6 Å². The molecule has 2 aromatic heterocycles. The smallest absolute Gasteiger partial charge is 0.191 e. The lowest BCUT2D eigenvalue weighted by molar-refractivity contribution is 0.916. The topological polar surface area (TPSA) is 62.7 Å². The summed E-state index contributed by atoms with van der Waals surface area (Å²) in [7, 11) is 0. The number of hydrogen-bond donors (Lipinski definition) is 2. The molecule has 0 unspecified atom stereocenters. The molecule has 2 N–H and O–H groups in total. The third-order valence-electron chi connectivity index (χ3n) is 2.84. The van der Waals surface area contributed by atoms with Gasteiger partial charge in [-0.2, -0.15) is 0 Å². The van der Waals surface area contributed by atoms with Gasteiger partial charge in [-0.1, -0.05) is 24.8 Å². The van der Waals surface area contributed by atoms with Crippen molar-refractivity contribution < 1.29 is 0 Å². The minimum Gasteiger partial charge on any atom is -0.370 e. The van der Waals surface area contributed by atoms with Crippen molar-refractivity contribution in [3.05, 3.63) is 35.7 Å². The van der Waals surface area contributed by atoms with Crippen LogP contribution in [0.3, 0.4) is 0 Å². The number of nitrogens with one attached hydrogen (secondary N) is 2. The van der Waals surface area contributed by atoms with E-state index in [0.717, 1.165) is 41.1 Å². The van der Waals surface area contributed by atoms with Crippen molar-refractivity contribution in [2.24, 2.45) is 0 Å². The summed E-state index contributed by atoms with van der Waals surface area (Å²) in [5, 5.41) is 7.37. The molecule has 0 aliphatic carbocycles. The number of hydrogen-bond acceptors (Lipinski definition) is 6. The monoisotopic (exact) mass is 303 g/mol. The predicted octanol–water partition coefficient (Wildman–Crippen LogP) is 3.34. The zero-order chi connectivity index (χ0) is 15.1. The maximum Gasteiger partial charge on any atom is 0.191 e. The maximum atomic E-state index is 4.48. The fraction of sp³-hybridized carbons (Fsp3) is 0.400. The number of thioether (sulfide) groups is 1. The van der Waals surface area contributed by atoms with Gasteiger partial charge in [-0.3, -0.25) is 4.98 Å². The van der Waals surface area contributed by atoms with Gasteiger partial charge in [-0.25, -0.2) is 9.97 Å². The van der Waals surface area contributed by atoms with E-state index in [1.54, 1.807) is 0 Å². The highest BCUT2D eigenvalue weighted by atomic mass is 32.2. The molecule has 6 heteroatoms. The van der Waals surface area contributed by atoms with Gasteiger partial charge in [0.15, 0.2) is 5.16 Å². The first-order valence-corrected chi connectivity index (χ1v) is 8.27. The maximum absolute atomic E-state index is 4.48. The van der Waals surface area contributed by atoms with Crippen LogP contribution in [0.1, 0.15) is 24.7 Å². The van der Waals surface area contributed by atoms with Crippen molar-refractivity contribution in [2.45, 2.75) is 32.0 Å². The predicted molar refractivity (Wildman–Crippen MR) is 88.9 cm³/mol. The number of aromatic nitrogens is 3. The van der Waals surface area contributed by atoms with E-state index in [1.165, 1.54) is 11.8 Å². The first kappa shape index (κ1) is 15.6. The lowest BCUT2D eigenvalue weighted by atomic mass is 10.3. The van der Waals surface area contributed by atoms with Crippen LogP contribution in [0.15, 0.2) is 29.4 Å². The van der Waals surface area contributed by atoms with E-state index in [9.17, 15) is 0 Å². The van der Waals surface area contributed by atoms with Crippen LogP contribution in [-0.4, -0.2) is 27.8 Å². The number of anilines is 2. The van der Waals surface area contributed by atoms with E-state index < -0.39 is 0 Å². The average Bonchev–Trinajstić information content (AvgIpc) is 2.51. The first-order chi connectivity index (χ1) is 10.2. The number of rotatable bonds is 7. The highest BCUT2D eigenvalue weighted by Crippen LogP contribution is 2.17. The molecule has 0 bridgehead atoms. The molecule has 0 spiro atoms. The summed E-state index contributed by atoms with van der Waals surface area (Å²) in [4.78, 5) is 13.4. The third kappa shape index (κ3) is 4.90. The van der Waals surface area contributed by atoms with Crippen molar-refractivity contribution in [3.8, 4) is 0 Å². The lowest BCUT2D eigenvalue weighted by Gasteiger charge is -2.10. The SMILES string of the molecule is CCCNc1cc(NCc2cccc(C)n2)nc(SC)n1. The summed E-state index contributed by atoms with van der Waals surface area (Å²) >= 11 is 1.54. The molecule has 2 rings (SSSR count). The van der Waals surface area contributed by atoms with E-state index in [4.69, 9.17) is 0 Å². The molecule has 21 heavy (non-hydrogen) atoms. The normalized spacial score (nSPS) is 10.4. The molecular formula is C15H21N5S. The second-order valence-electron chi connectivity index (χ2n) is 4.68. The molecule has 2 heterocycles. The van der Waals surface area contributed by atoms with E-state index in [-0.39, 0.29) is 0 Å². The van der Waals surface area contributed by atoms with Crippen molar-refractivity contribution in [1.29, 1.82) is 0 Å². The average molecular weight is 303 g/mol. The summed E-state index contributed by atoms with van der Waals surface area (Å²) in [5.74, 6) is 1.67. The highest BCUT2D eigenvalue weighted by Gasteiger charge is 2.04. The minimum absolute atomic E-state index is 0.653. The van der Waals surface area contributed by atoms with Crippen LogP contribution in [0.25, 0.3) is 0 Å². The highest BCUT2D eigenvalue weighted by molar-refractivity contribution is 7.98. The summed E-state index contributed by atoms with van der Waals surface area (Å²) < 4.78 is 0. The van der Waals surface area contributed by atoms with Gasteiger partial charge in [-0.05, 0) is 31.7 Å². The van der Waals surface area contributed by atoms with Gasteiger partial charge in [0.2, 0.25) is 0 Å². The van der Waals surface area contributed by atoms with Gasteiger partial charge >= 0.3 is 0 Å². The molecule has 0 aromatic carbocycles. The number of nitrogens with zero attached hydrogens (tertiary/aromatic N) is 3. The first-order valence-electron chi connectivity index (χ1n) is 7.04.